The van der Waals surface area contributed by atoms with E-state index >= 15 is 0 Å². The van der Waals surface area contributed by atoms with Crippen LogP contribution in [0.15, 0.2) is 54.1 Å². The Labute approximate surface area is 160 Å². The highest BCUT2D eigenvalue weighted by molar-refractivity contribution is 6.32. The van der Waals surface area contributed by atoms with Gasteiger partial charge in [0, 0.05) is 25.1 Å². The van der Waals surface area contributed by atoms with Gasteiger partial charge in [-0.25, -0.2) is 0 Å². The van der Waals surface area contributed by atoms with E-state index < -0.39 is 0 Å². The van der Waals surface area contributed by atoms with Crippen LogP contribution < -0.4 is 4.74 Å². The van der Waals surface area contributed by atoms with Gasteiger partial charge >= 0.3 is 0 Å². The maximum Gasteiger partial charge on any atom is 0.161 e. The molecule has 0 atom stereocenters. The lowest BCUT2D eigenvalue weighted by molar-refractivity contribution is -0.117. The molecule has 2 aromatic carbocycles. The summed E-state index contributed by atoms with van der Waals surface area (Å²) in [6.45, 7) is 5.24. The van der Waals surface area contributed by atoms with Gasteiger partial charge in [0.1, 0.15) is 12.4 Å². The standard InChI is InChI=1S/C22H24ClNO2/c1-2-11-24-12-10-21(25)19(15-24)13-18-8-9-22(20(23)14-18)26-16-17-6-4-3-5-7-17/h3-9,13-14H,2,10-12,15-16H2,1H3/b19-13+. The first-order valence-electron chi connectivity index (χ1n) is 9.08. The molecule has 4 heteroatoms. The smallest absolute Gasteiger partial charge is 0.161 e. The summed E-state index contributed by atoms with van der Waals surface area (Å²) in [6.07, 6.45) is 3.65. The number of hydrogen-bond acceptors (Lipinski definition) is 3. The molecule has 0 bridgehead atoms. The Morgan fingerprint density at radius 2 is 2.00 bits per heavy atom. The van der Waals surface area contributed by atoms with Gasteiger partial charge in [0.05, 0.1) is 5.02 Å². The first kappa shape index (κ1) is 18.7. The Morgan fingerprint density at radius 3 is 2.73 bits per heavy atom. The van der Waals surface area contributed by atoms with Gasteiger partial charge in [0.25, 0.3) is 0 Å². The second kappa shape index (κ2) is 9.02. The van der Waals surface area contributed by atoms with E-state index in [1.807, 2.05) is 54.6 Å². The topological polar surface area (TPSA) is 29.5 Å². The number of carbonyl (C=O) groups excluding carboxylic acids is 1. The fraction of sp³-hybridized carbons (Fsp3) is 0.318. The largest absolute Gasteiger partial charge is 0.487 e. The molecule has 1 aliphatic rings. The van der Waals surface area contributed by atoms with Crippen LogP contribution in [0.5, 0.6) is 5.75 Å². The van der Waals surface area contributed by atoms with Crippen LogP contribution in [0.3, 0.4) is 0 Å². The third-order valence-corrected chi connectivity index (χ3v) is 4.78. The minimum Gasteiger partial charge on any atom is -0.487 e. The zero-order valence-corrected chi connectivity index (χ0v) is 15.8. The lowest BCUT2D eigenvalue weighted by Crippen LogP contribution is -2.36. The molecule has 1 fully saturated rings. The van der Waals surface area contributed by atoms with Crippen LogP contribution in [0.25, 0.3) is 6.08 Å². The van der Waals surface area contributed by atoms with Crippen LogP contribution in [0, 0.1) is 0 Å². The Bertz CT molecular complexity index is 786. The van der Waals surface area contributed by atoms with Gasteiger partial charge in [-0.05, 0) is 42.3 Å². The molecule has 3 rings (SSSR count). The number of nitrogens with zero attached hydrogens (tertiary/aromatic N) is 1. The zero-order chi connectivity index (χ0) is 18.4. The summed E-state index contributed by atoms with van der Waals surface area (Å²) in [5, 5.41) is 0.559. The van der Waals surface area contributed by atoms with Crippen molar-refractivity contribution in [2.75, 3.05) is 19.6 Å². The van der Waals surface area contributed by atoms with E-state index in [4.69, 9.17) is 16.3 Å². The molecule has 0 unspecified atom stereocenters. The van der Waals surface area contributed by atoms with E-state index in [1.54, 1.807) is 0 Å². The number of halogens is 1. The fourth-order valence-corrected chi connectivity index (χ4v) is 3.37. The molecule has 0 N–H and O–H groups in total. The van der Waals surface area contributed by atoms with Crippen LogP contribution in [-0.2, 0) is 11.4 Å². The van der Waals surface area contributed by atoms with Crippen molar-refractivity contribution in [1.82, 2.24) is 4.90 Å². The molecule has 26 heavy (non-hydrogen) atoms. The highest BCUT2D eigenvalue weighted by Crippen LogP contribution is 2.28. The normalized spacial score (nSPS) is 16.8. The van der Waals surface area contributed by atoms with Crippen LogP contribution in [0.1, 0.15) is 30.9 Å². The van der Waals surface area contributed by atoms with E-state index in [9.17, 15) is 4.79 Å². The maximum absolute atomic E-state index is 12.2. The number of likely N-dealkylation sites (tertiary alicyclic amines) is 1. The van der Waals surface area contributed by atoms with Crippen molar-refractivity contribution < 1.29 is 9.53 Å². The number of rotatable bonds is 6. The van der Waals surface area contributed by atoms with Crippen LogP contribution >= 0.6 is 11.6 Å². The summed E-state index contributed by atoms with van der Waals surface area (Å²) in [5.41, 5.74) is 2.89. The van der Waals surface area contributed by atoms with E-state index in [0.29, 0.717) is 23.8 Å². The Kier molecular flexibility index (Phi) is 6.48. The second-order valence-electron chi connectivity index (χ2n) is 6.58. The van der Waals surface area contributed by atoms with E-state index in [1.165, 1.54) is 0 Å². The molecule has 1 saturated heterocycles. The number of piperidine rings is 1. The number of hydrogen-bond donors (Lipinski definition) is 0. The highest BCUT2D eigenvalue weighted by atomic mass is 35.5. The minimum absolute atomic E-state index is 0.234. The predicted molar refractivity (Wildman–Crippen MR) is 107 cm³/mol. The predicted octanol–water partition coefficient (Wildman–Crippen LogP) is 4.99. The average Bonchev–Trinajstić information content (AvgIpc) is 2.65. The first-order valence-corrected chi connectivity index (χ1v) is 9.46. The number of benzene rings is 2. The summed E-state index contributed by atoms with van der Waals surface area (Å²) in [5.74, 6) is 0.887. The summed E-state index contributed by atoms with van der Waals surface area (Å²) >= 11 is 6.38. The zero-order valence-electron chi connectivity index (χ0n) is 15.1. The van der Waals surface area contributed by atoms with Crippen molar-refractivity contribution in [3.05, 3.63) is 70.3 Å². The third kappa shape index (κ3) is 4.96. The van der Waals surface area contributed by atoms with Gasteiger partial charge in [-0.3, -0.25) is 9.69 Å². The molecule has 0 spiro atoms. The van der Waals surface area contributed by atoms with Crippen LogP contribution in [0.2, 0.25) is 5.02 Å². The lowest BCUT2D eigenvalue weighted by Gasteiger charge is -2.27. The molecule has 0 aromatic heterocycles. The first-order chi connectivity index (χ1) is 12.7. The fourth-order valence-electron chi connectivity index (χ4n) is 3.12. The van der Waals surface area contributed by atoms with Gasteiger partial charge in [-0.15, -0.1) is 0 Å². The summed E-state index contributed by atoms with van der Waals surface area (Å²) in [6, 6.07) is 15.7. The lowest BCUT2D eigenvalue weighted by atomic mass is 10.00. The number of carbonyl (C=O) groups is 1. The monoisotopic (exact) mass is 369 g/mol. The van der Waals surface area contributed by atoms with Crippen molar-refractivity contribution in [2.45, 2.75) is 26.4 Å². The molecular weight excluding hydrogens is 346 g/mol. The minimum atomic E-state index is 0.234. The molecule has 2 aromatic rings. The molecule has 0 amide bonds. The summed E-state index contributed by atoms with van der Waals surface area (Å²) < 4.78 is 5.81. The molecule has 0 aliphatic carbocycles. The Morgan fingerprint density at radius 1 is 1.19 bits per heavy atom. The third-order valence-electron chi connectivity index (χ3n) is 4.48. The molecule has 3 nitrogen and oxygen atoms in total. The second-order valence-corrected chi connectivity index (χ2v) is 6.99. The molecule has 136 valence electrons. The molecule has 1 aliphatic heterocycles. The van der Waals surface area contributed by atoms with Crippen molar-refractivity contribution in [3.63, 3.8) is 0 Å². The van der Waals surface area contributed by atoms with Gasteiger partial charge in [-0.2, -0.15) is 0 Å². The molecular formula is C22H24ClNO2. The molecule has 1 heterocycles. The Hall–Kier alpha value is -2.10. The van der Waals surface area contributed by atoms with Crippen molar-refractivity contribution >= 4 is 23.5 Å². The highest BCUT2D eigenvalue weighted by Gasteiger charge is 2.20. The van der Waals surface area contributed by atoms with Gasteiger partial charge in [0.2, 0.25) is 0 Å². The van der Waals surface area contributed by atoms with E-state index in [-0.39, 0.29) is 5.78 Å². The number of Topliss-reactive ketones (excluding diaryl/α,β-unsaturated/α-hetero) is 1. The van der Waals surface area contributed by atoms with E-state index in [0.717, 1.165) is 42.8 Å². The average molecular weight is 370 g/mol. The quantitative estimate of drug-likeness (QED) is 0.672. The van der Waals surface area contributed by atoms with Crippen LogP contribution in [0.4, 0.5) is 0 Å². The maximum atomic E-state index is 12.2. The van der Waals surface area contributed by atoms with Gasteiger partial charge < -0.3 is 4.74 Å². The van der Waals surface area contributed by atoms with E-state index in [2.05, 4.69) is 11.8 Å². The number of ketones is 1. The van der Waals surface area contributed by atoms with Gasteiger partial charge in [0.15, 0.2) is 5.78 Å². The Balaban J connectivity index is 1.69. The van der Waals surface area contributed by atoms with Crippen molar-refractivity contribution in [2.24, 2.45) is 0 Å². The van der Waals surface area contributed by atoms with Crippen molar-refractivity contribution in [1.29, 1.82) is 0 Å². The summed E-state index contributed by atoms with van der Waals surface area (Å²) in [7, 11) is 0. The van der Waals surface area contributed by atoms with Crippen LogP contribution in [-0.4, -0.2) is 30.3 Å². The van der Waals surface area contributed by atoms with Crippen molar-refractivity contribution in [3.8, 4) is 5.75 Å². The molecule has 0 saturated carbocycles. The SMILES string of the molecule is CCCN1CCC(=O)/C(=C/c2ccc(OCc3ccccc3)c(Cl)c2)C1. The van der Waals surface area contributed by atoms with Gasteiger partial charge in [-0.1, -0.05) is 54.9 Å². The number of ether oxygens (including phenoxy) is 1. The molecule has 0 radical (unpaired) electrons. The summed E-state index contributed by atoms with van der Waals surface area (Å²) in [4.78, 5) is 14.5.